The molecule has 1 aromatic carbocycles. The van der Waals surface area contributed by atoms with E-state index in [0.29, 0.717) is 42.0 Å². The highest BCUT2D eigenvalue weighted by atomic mass is 19.2. The molecule has 2 aliphatic heterocycles. The van der Waals surface area contributed by atoms with E-state index in [1.165, 1.54) is 6.07 Å². The molecule has 1 N–H and O–H groups in total. The number of nitrogens with zero attached hydrogens (tertiary/aromatic N) is 7. The lowest BCUT2D eigenvalue weighted by Gasteiger charge is -2.38. The van der Waals surface area contributed by atoms with E-state index in [0.717, 1.165) is 56.5 Å². The second-order valence-corrected chi connectivity index (χ2v) is 9.25. The number of aryl methyl sites for hydroxylation is 2. The van der Waals surface area contributed by atoms with Gasteiger partial charge in [0.1, 0.15) is 12.1 Å². The van der Waals surface area contributed by atoms with E-state index < -0.39 is 11.6 Å². The first-order chi connectivity index (χ1) is 16.0. The molecule has 0 spiro atoms. The molecule has 10 heteroatoms. The second kappa shape index (κ2) is 7.93. The summed E-state index contributed by atoms with van der Waals surface area (Å²) < 4.78 is 29.1. The number of halogens is 2. The molecule has 6 rings (SSSR count). The summed E-state index contributed by atoms with van der Waals surface area (Å²) in [6.07, 6.45) is 4.82. The van der Waals surface area contributed by atoms with Crippen LogP contribution in [-0.2, 0) is 6.54 Å². The number of fused-ring (bicyclic) bond motifs is 3. The van der Waals surface area contributed by atoms with E-state index in [4.69, 9.17) is 10.1 Å². The molecule has 0 amide bonds. The summed E-state index contributed by atoms with van der Waals surface area (Å²) in [5, 5.41) is 8.31. The van der Waals surface area contributed by atoms with Gasteiger partial charge in [-0.3, -0.25) is 0 Å². The van der Waals surface area contributed by atoms with Crippen molar-refractivity contribution in [2.45, 2.75) is 38.8 Å². The van der Waals surface area contributed by atoms with Crippen LogP contribution in [-0.4, -0.2) is 50.4 Å². The van der Waals surface area contributed by atoms with Crippen molar-refractivity contribution in [2.75, 3.05) is 34.8 Å². The summed E-state index contributed by atoms with van der Waals surface area (Å²) in [7, 11) is 0. The van der Waals surface area contributed by atoms with Crippen LogP contribution in [0.1, 0.15) is 25.0 Å². The summed E-state index contributed by atoms with van der Waals surface area (Å²) in [4.78, 5) is 17.7. The first kappa shape index (κ1) is 20.3. The zero-order valence-corrected chi connectivity index (χ0v) is 18.5. The van der Waals surface area contributed by atoms with Gasteiger partial charge in [-0.25, -0.2) is 23.4 Å². The first-order valence-electron chi connectivity index (χ1n) is 11.5. The average molecular weight is 453 g/mol. The quantitative estimate of drug-likeness (QED) is 0.649. The summed E-state index contributed by atoms with van der Waals surface area (Å²) in [5.41, 5.74) is 1.56. The Morgan fingerprint density at radius 2 is 1.82 bits per heavy atom. The lowest BCUT2D eigenvalue weighted by Crippen LogP contribution is -2.48. The van der Waals surface area contributed by atoms with Crippen molar-refractivity contribution in [3.05, 3.63) is 47.9 Å². The Kier molecular flexibility index (Phi) is 4.88. The second-order valence-electron chi connectivity index (χ2n) is 9.25. The van der Waals surface area contributed by atoms with Crippen LogP contribution in [0.3, 0.4) is 0 Å². The predicted molar refractivity (Wildman–Crippen MR) is 121 cm³/mol. The summed E-state index contributed by atoms with van der Waals surface area (Å²) in [6.45, 7) is 5.32. The van der Waals surface area contributed by atoms with Gasteiger partial charge in [-0.05, 0) is 50.2 Å². The Morgan fingerprint density at radius 1 is 1.00 bits per heavy atom. The standard InChI is InChI=1S/C23H26F2N8/c1-14-9-20(27-13-26-14)31-11-15-3-4-16(12-31)21(15)28-22-29-23-32(7-2-8-33(23)30-22)17-5-6-18(24)19(25)10-17/h5-6,9-10,13,15-16,21H,2-4,7-8,11-12H2,1H3,(H,28,30)/t15-,16+,21+. The lowest BCUT2D eigenvalue weighted by atomic mass is 9.92. The van der Waals surface area contributed by atoms with Crippen molar-refractivity contribution in [3.63, 3.8) is 0 Å². The van der Waals surface area contributed by atoms with Crippen molar-refractivity contribution < 1.29 is 8.78 Å². The molecule has 1 aliphatic carbocycles. The molecule has 4 heterocycles. The van der Waals surface area contributed by atoms with Gasteiger partial charge in [-0.15, -0.1) is 5.10 Å². The summed E-state index contributed by atoms with van der Waals surface area (Å²) in [6, 6.07) is 6.32. The van der Waals surface area contributed by atoms with Crippen LogP contribution in [0.5, 0.6) is 0 Å². The van der Waals surface area contributed by atoms with Gasteiger partial charge < -0.3 is 15.1 Å². The molecule has 1 saturated carbocycles. The third-order valence-corrected chi connectivity index (χ3v) is 7.10. The van der Waals surface area contributed by atoms with Crippen molar-refractivity contribution in [1.82, 2.24) is 24.7 Å². The Morgan fingerprint density at radius 3 is 2.58 bits per heavy atom. The molecule has 3 atom stereocenters. The van der Waals surface area contributed by atoms with Crippen molar-refractivity contribution >= 4 is 23.4 Å². The Labute approximate surface area is 190 Å². The predicted octanol–water partition coefficient (Wildman–Crippen LogP) is 3.52. The van der Waals surface area contributed by atoms with Crippen molar-refractivity contribution in [1.29, 1.82) is 0 Å². The number of hydrogen-bond donors (Lipinski definition) is 1. The highest BCUT2D eigenvalue weighted by Crippen LogP contribution is 2.40. The van der Waals surface area contributed by atoms with E-state index in [-0.39, 0.29) is 0 Å². The number of benzene rings is 1. The van der Waals surface area contributed by atoms with Gasteiger partial charge in [0.2, 0.25) is 11.9 Å². The highest BCUT2D eigenvalue weighted by molar-refractivity contribution is 5.59. The molecule has 0 unspecified atom stereocenters. The zero-order chi connectivity index (χ0) is 22.5. The van der Waals surface area contributed by atoms with Gasteiger partial charge in [0.15, 0.2) is 11.6 Å². The summed E-state index contributed by atoms with van der Waals surface area (Å²) >= 11 is 0. The van der Waals surface area contributed by atoms with Crippen LogP contribution in [0.4, 0.5) is 32.2 Å². The summed E-state index contributed by atoms with van der Waals surface area (Å²) in [5.74, 6) is 1.53. The van der Waals surface area contributed by atoms with Gasteiger partial charge in [0, 0.05) is 55.7 Å². The fourth-order valence-corrected chi connectivity index (χ4v) is 5.53. The van der Waals surface area contributed by atoms with E-state index >= 15 is 0 Å². The lowest BCUT2D eigenvalue weighted by molar-refractivity contribution is 0.374. The van der Waals surface area contributed by atoms with E-state index in [1.807, 2.05) is 22.6 Å². The smallest absolute Gasteiger partial charge is 0.244 e. The third-order valence-electron chi connectivity index (χ3n) is 7.10. The molecule has 33 heavy (non-hydrogen) atoms. The van der Waals surface area contributed by atoms with Crippen molar-refractivity contribution in [3.8, 4) is 0 Å². The molecule has 2 aromatic heterocycles. The maximum Gasteiger partial charge on any atom is 0.244 e. The van der Waals surface area contributed by atoms with E-state index in [2.05, 4.69) is 20.2 Å². The average Bonchev–Trinajstić information content (AvgIpc) is 3.31. The van der Waals surface area contributed by atoms with Crippen molar-refractivity contribution in [2.24, 2.45) is 11.8 Å². The first-order valence-corrected chi connectivity index (χ1v) is 11.5. The van der Waals surface area contributed by atoms with E-state index in [1.54, 1.807) is 12.4 Å². The fraction of sp³-hybridized carbons (Fsp3) is 0.478. The van der Waals surface area contributed by atoms with Crippen LogP contribution in [0, 0.1) is 30.4 Å². The number of rotatable bonds is 4. The van der Waals surface area contributed by atoms with E-state index in [9.17, 15) is 8.78 Å². The van der Waals surface area contributed by atoms with Gasteiger partial charge in [-0.1, -0.05) is 0 Å². The maximum atomic E-state index is 13.8. The number of anilines is 4. The van der Waals surface area contributed by atoms with Crippen LogP contribution >= 0.6 is 0 Å². The normalized spacial score (nSPS) is 24.2. The number of aromatic nitrogens is 5. The molecular formula is C23H26F2N8. The number of nitrogens with one attached hydrogen (secondary N) is 1. The maximum absolute atomic E-state index is 13.8. The fourth-order valence-electron chi connectivity index (χ4n) is 5.53. The minimum absolute atomic E-state index is 0.311. The molecule has 3 aliphatic rings. The highest BCUT2D eigenvalue weighted by Gasteiger charge is 2.43. The van der Waals surface area contributed by atoms with Gasteiger partial charge >= 0.3 is 0 Å². The molecule has 172 valence electrons. The molecule has 2 bridgehead atoms. The topological polar surface area (TPSA) is 75.0 Å². The third kappa shape index (κ3) is 3.67. The van der Waals surface area contributed by atoms with Crippen LogP contribution in [0.15, 0.2) is 30.6 Å². The van der Waals surface area contributed by atoms with Gasteiger partial charge in [0.25, 0.3) is 0 Å². The number of hydrogen-bond acceptors (Lipinski definition) is 7. The monoisotopic (exact) mass is 452 g/mol. The van der Waals surface area contributed by atoms with Crippen LogP contribution < -0.4 is 15.1 Å². The molecule has 2 fully saturated rings. The van der Waals surface area contributed by atoms with Crippen LogP contribution in [0.2, 0.25) is 0 Å². The number of piperidine rings is 1. The van der Waals surface area contributed by atoms with Crippen LogP contribution in [0.25, 0.3) is 0 Å². The Hall–Kier alpha value is -3.30. The largest absolute Gasteiger partial charge is 0.356 e. The van der Waals surface area contributed by atoms with Gasteiger partial charge in [0.05, 0.1) is 0 Å². The van der Waals surface area contributed by atoms with Gasteiger partial charge in [-0.2, -0.15) is 4.98 Å². The molecule has 1 saturated heterocycles. The molecule has 8 nitrogen and oxygen atoms in total. The Bertz CT molecular complexity index is 1170. The zero-order valence-electron chi connectivity index (χ0n) is 18.5. The minimum atomic E-state index is -0.857. The SMILES string of the molecule is Cc1cc(N2C[C@H]3CC[C@@H](C2)[C@H]3Nc2nc3n(n2)CCCN3c2ccc(F)c(F)c2)ncn1. The minimum Gasteiger partial charge on any atom is -0.356 e. The molecular weight excluding hydrogens is 426 g/mol. The molecule has 3 aromatic rings. The molecule has 0 radical (unpaired) electrons. The Balaban J connectivity index is 1.21.